The van der Waals surface area contributed by atoms with Crippen LogP contribution in [0.3, 0.4) is 0 Å². The van der Waals surface area contributed by atoms with Crippen molar-refractivity contribution >= 4 is 45.3 Å². The molecule has 4 aromatic rings. The van der Waals surface area contributed by atoms with Crippen LogP contribution in [-0.2, 0) is 21.3 Å². The maximum atomic E-state index is 13.5. The normalized spacial score (nSPS) is 12.1. The molecule has 4 rings (SSSR count). The van der Waals surface area contributed by atoms with Gasteiger partial charge in [0.2, 0.25) is 11.8 Å². The number of carbonyl (C=O) groups is 1. The lowest BCUT2D eigenvalue weighted by Crippen LogP contribution is -2.48. The van der Waals surface area contributed by atoms with Crippen LogP contribution in [0.4, 0.5) is 4.79 Å². The fourth-order valence-corrected chi connectivity index (χ4v) is 5.55. The Hall–Kier alpha value is -4.12. The summed E-state index contributed by atoms with van der Waals surface area (Å²) in [6, 6.07) is 23.6. The molecule has 12 heteroatoms. The number of nitrogens with zero attached hydrogens (tertiary/aromatic N) is 3. The van der Waals surface area contributed by atoms with E-state index in [0.717, 1.165) is 16.7 Å². The van der Waals surface area contributed by atoms with Crippen molar-refractivity contribution < 1.29 is 22.7 Å². The Balaban J connectivity index is 1.81. The molecule has 1 heterocycles. The molecule has 224 valence electrons. The maximum absolute atomic E-state index is 13.5. The second-order valence-corrected chi connectivity index (χ2v) is 13.0. The summed E-state index contributed by atoms with van der Waals surface area (Å²) in [6.45, 7) is 4.67. The zero-order chi connectivity index (χ0) is 31.4. The molecule has 0 spiro atoms. The molecule has 0 unspecified atom stereocenters. The molecule has 1 amide bonds. The van der Waals surface area contributed by atoms with E-state index in [2.05, 4.69) is 4.99 Å². The highest BCUT2D eigenvalue weighted by atomic mass is 35.5. The molecule has 0 aliphatic heterocycles. The van der Waals surface area contributed by atoms with E-state index in [-0.39, 0.29) is 17.3 Å². The topological polar surface area (TPSA) is 124 Å². The molecule has 0 aliphatic rings. The second-order valence-electron chi connectivity index (χ2n) is 10.3. The molecular formula is C31H30Cl2N4O5S. The van der Waals surface area contributed by atoms with E-state index in [1.807, 2.05) is 30.3 Å². The molecule has 0 saturated heterocycles. The Morgan fingerprint density at radius 3 is 2.02 bits per heavy atom. The van der Waals surface area contributed by atoms with Crippen LogP contribution in [0.15, 0.2) is 94.8 Å². The van der Waals surface area contributed by atoms with Crippen molar-refractivity contribution in [1.29, 1.82) is 0 Å². The Labute approximate surface area is 260 Å². The summed E-state index contributed by atoms with van der Waals surface area (Å²) in [4.78, 5) is 22.0. The van der Waals surface area contributed by atoms with Crippen LogP contribution in [0.2, 0.25) is 10.0 Å². The number of rotatable bonds is 7. The van der Waals surface area contributed by atoms with Gasteiger partial charge in [0.1, 0.15) is 5.60 Å². The van der Waals surface area contributed by atoms with Crippen LogP contribution in [0.25, 0.3) is 22.4 Å². The third kappa shape index (κ3) is 7.64. The minimum absolute atomic E-state index is 0.157. The van der Waals surface area contributed by atoms with Crippen LogP contribution < -0.4 is 10.5 Å². The van der Waals surface area contributed by atoms with Gasteiger partial charge in [0.15, 0.2) is 0 Å². The Bertz CT molecular complexity index is 1740. The molecular weight excluding hydrogens is 611 g/mol. The first kappa shape index (κ1) is 31.8. The third-order valence-corrected chi connectivity index (χ3v) is 8.18. The number of sulfonamides is 1. The minimum Gasteiger partial charge on any atom is -0.481 e. The third-order valence-electron chi connectivity index (χ3n) is 5.99. The van der Waals surface area contributed by atoms with E-state index < -0.39 is 27.7 Å². The van der Waals surface area contributed by atoms with Crippen molar-refractivity contribution in [1.82, 2.24) is 9.29 Å². The highest BCUT2D eigenvalue weighted by Crippen LogP contribution is 2.36. The average molecular weight is 642 g/mol. The van der Waals surface area contributed by atoms with Gasteiger partial charge < -0.3 is 15.2 Å². The number of carbonyl (C=O) groups excluding carboxylic acids is 1. The van der Waals surface area contributed by atoms with Crippen molar-refractivity contribution in [2.45, 2.75) is 37.8 Å². The molecule has 0 atom stereocenters. The molecule has 0 bridgehead atoms. The molecule has 0 aliphatic carbocycles. The van der Waals surface area contributed by atoms with Gasteiger partial charge in [0.05, 0.1) is 24.2 Å². The second kappa shape index (κ2) is 13.0. The average Bonchev–Trinajstić information content (AvgIpc) is 2.96. The van der Waals surface area contributed by atoms with E-state index in [1.54, 1.807) is 51.1 Å². The van der Waals surface area contributed by atoms with Crippen LogP contribution in [0.1, 0.15) is 26.3 Å². The predicted molar refractivity (Wildman–Crippen MR) is 169 cm³/mol. The zero-order valence-corrected chi connectivity index (χ0v) is 26.2. The lowest BCUT2D eigenvalue weighted by atomic mass is 9.97. The lowest BCUT2D eigenvalue weighted by molar-refractivity contribution is 0.0463. The van der Waals surface area contributed by atoms with Crippen LogP contribution in [0.5, 0.6) is 5.88 Å². The van der Waals surface area contributed by atoms with Gasteiger partial charge >= 0.3 is 6.09 Å². The first-order valence-electron chi connectivity index (χ1n) is 13.0. The fourth-order valence-electron chi connectivity index (χ4n) is 4.05. The van der Waals surface area contributed by atoms with Gasteiger partial charge in [-0.05, 0) is 68.8 Å². The SMILES string of the molecule is COc1nc(-c2ccc(Cl)cc2)c(-c2ccc(Cl)cc2)cc1CN=C(N)N(C(=O)OC(C)(C)C)S(=O)(=O)c1ccccc1. The largest absolute Gasteiger partial charge is 0.481 e. The van der Waals surface area contributed by atoms with Gasteiger partial charge in [0.25, 0.3) is 10.0 Å². The van der Waals surface area contributed by atoms with Gasteiger partial charge in [-0.2, -0.15) is 0 Å². The first-order chi connectivity index (χ1) is 20.3. The van der Waals surface area contributed by atoms with E-state index in [4.69, 9.17) is 43.4 Å². The molecule has 3 aromatic carbocycles. The Morgan fingerprint density at radius 1 is 0.930 bits per heavy atom. The van der Waals surface area contributed by atoms with E-state index in [9.17, 15) is 13.2 Å². The maximum Gasteiger partial charge on any atom is 0.431 e. The Kier molecular flexibility index (Phi) is 9.64. The number of aromatic nitrogens is 1. The van der Waals surface area contributed by atoms with E-state index in [0.29, 0.717) is 25.6 Å². The quantitative estimate of drug-likeness (QED) is 0.168. The van der Waals surface area contributed by atoms with Crippen molar-refractivity contribution in [2.24, 2.45) is 10.7 Å². The van der Waals surface area contributed by atoms with E-state index >= 15 is 0 Å². The molecule has 0 fully saturated rings. The smallest absolute Gasteiger partial charge is 0.431 e. The number of aliphatic imine (C=N–C) groups is 1. The van der Waals surface area contributed by atoms with Gasteiger partial charge in [-0.15, -0.1) is 4.31 Å². The zero-order valence-electron chi connectivity index (χ0n) is 23.9. The van der Waals surface area contributed by atoms with Gasteiger partial charge in [0, 0.05) is 26.7 Å². The lowest BCUT2D eigenvalue weighted by Gasteiger charge is -2.26. The van der Waals surface area contributed by atoms with Crippen LogP contribution in [-0.4, -0.2) is 42.5 Å². The number of ether oxygens (including phenoxy) is 2. The Morgan fingerprint density at radius 2 is 1.49 bits per heavy atom. The van der Waals surface area contributed by atoms with Gasteiger partial charge in [-0.1, -0.05) is 65.7 Å². The highest BCUT2D eigenvalue weighted by molar-refractivity contribution is 7.90. The molecule has 0 radical (unpaired) electrons. The van der Waals surface area contributed by atoms with Crippen molar-refractivity contribution in [3.63, 3.8) is 0 Å². The molecule has 2 N–H and O–H groups in total. The number of pyridine rings is 1. The first-order valence-corrected chi connectivity index (χ1v) is 15.2. The fraction of sp³-hybridized carbons (Fsp3) is 0.194. The standard InChI is InChI=1S/C31H30Cl2N4O5S/c1-31(2,3)42-30(38)37(43(39,40)25-8-6-5-7-9-25)29(34)35-19-22-18-26(20-10-14-23(32)15-11-20)27(36-28(22)41-4)21-12-16-24(33)17-13-21/h5-18H,19H2,1-4H3,(H2,34,35). The highest BCUT2D eigenvalue weighted by Gasteiger charge is 2.36. The number of benzene rings is 3. The summed E-state index contributed by atoms with van der Waals surface area (Å²) in [5.41, 5.74) is 8.62. The van der Waals surface area contributed by atoms with E-state index in [1.165, 1.54) is 31.4 Å². The molecule has 0 saturated carbocycles. The summed E-state index contributed by atoms with van der Waals surface area (Å²) in [7, 11) is -3.00. The number of guanidine groups is 1. The van der Waals surface area contributed by atoms with Gasteiger partial charge in [-0.3, -0.25) is 0 Å². The van der Waals surface area contributed by atoms with Crippen LogP contribution >= 0.6 is 23.2 Å². The monoisotopic (exact) mass is 640 g/mol. The molecule has 1 aromatic heterocycles. The number of hydrogen-bond donors (Lipinski definition) is 1. The van der Waals surface area contributed by atoms with Crippen molar-refractivity contribution in [2.75, 3.05) is 7.11 Å². The van der Waals surface area contributed by atoms with Crippen molar-refractivity contribution in [3.8, 4) is 28.3 Å². The van der Waals surface area contributed by atoms with Crippen LogP contribution in [0, 0.1) is 0 Å². The summed E-state index contributed by atoms with van der Waals surface area (Å²) in [5, 5.41) is 1.14. The number of hydrogen-bond acceptors (Lipinski definition) is 7. The number of nitrogens with two attached hydrogens (primary N) is 1. The summed E-state index contributed by atoms with van der Waals surface area (Å²) < 4.78 is 38.4. The number of amides is 1. The number of halogens is 2. The predicted octanol–water partition coefficient (Wildman–Crippen LogP) is 7.17. The minimum atomic E-state index is -4.46. The number of methoxy groups -OCH3 is 1. The van der Waals surface area contributed by atoms with Crippen molar-refractivity contribution in [3.05, 3.63) is 101 Å². The molecule has 43 heavy (non-hydrogen) atoms. The van der Waals surface area contributed by atoms with Gasteiger partial charge in [-0.25, -0.2) is 23.2 Å². The summed E-state index contributed by atoms with van der Waals surface area (Å²) in [5.74, 6) is -0.357. The summed E-state index contributed by atoms with van der Waals surface area (Å²) >= 11 is 12.3. The molecule has 9 nitrogen and oxygen atoms in total. The summed E-state index contributed by atoms with van der Waals surface area (Å²) in [6.07, 6.45) is -1.19.